The molecular weight excluding hydrogens is 248 g/mol. The summed E-state index contributed by atoms with van der Waals surface area (Å²) < 4.78 is 0. The Morgan fingerprint density at radius 1 is 0.650 bits per heavy atom. The first-order chi connectivity index (χ1) is 9.56. The van der Waals surface area contributed by atoms with Crippen LogP contribution in [0.4, 0.5) is 0 Å². The largest absolute Gasteiger partial charge is 0.295 e. The van der Waals surface area contributed by atoms with E-state index in [9.17, 15) is 9.59 Å². The molecule has 2 nitrogen and oxygen atoms in total. The summed E-state index contributed by atoms with van der Waals surface area (Å²) in [5.41, 5.74) is 3.07. The van der Waals surface area contributed by atoms with Crippen LogP contribution >= 0.6 is 0 Å². The summed E-state index contributed by atoms with van der Waals surface area (Å²) in [4.78, 5) is 22.3. The molecule has 0 bridgehead atoms. The molecule has 20 heavy (non-hydrogen) atoms. The minimum Gasteiger partial charge on any atom is -0.295 e. The van der Waals surface area contributed by atoms with Crippen molar-refractivity contribution in [3.05, 3.63) is 70.8 Å². The minimum absolute atomic E-state index is 0.0457. The normalized spacial score (nSPS) is 9.50. The Morgan fingerprint density at radius 2 is 0.950 bits per heavy atom. The highest BCUT2D eigenvalue weighted by Crippen LogP contribution is 2.06. The average Bonchev–Trinajstić information content (AvgIpc) is 2.46. The van der Waals surface area contributed by atoms with Crippen LogP contribution in [0.1, 0.15) is 45.7 Å². The maximum atomic E-state index is 11.2. The monoisotopic (exact) mass is 262 g/mol. The molecule has 2 aromatic rings. The van der Waals surface area contributed by atoms with Crippen molar-refractivity contribution in [1.29, 1.82) is 0 Å². The number of hydrogen-bond donors (Lipinski definition) is 0. The van der Waals surface area contributed by atoms with E-state index in [1.165, 1.54) is 13.8 Å². The Morgan fingerprint density at radius 3 is 1.20 bits per heavy atom. The molecule has 0 aromatic heterocycles. The quantitative estimate of drug-likeness (QED) is 0.613. The van der Waals surface area contributed by atoms with E-state index >= 15 is 0 Å². The highest BCUT2D eigenvalue weighted by Gasteiger charge is 1.98. The van der Waals surface area contributed by atoms with Gasteiger partial charge in [0.2, 0.25) is 0 Å². The number of hydrogen-bond acceptors (Lipinski definition) is 2. The molecule has 0 fully saturated rings. The van der Waals surface area contributed by atoms with Crippen LogP contribution < -0.4 is 0 Å². The number of carbonyl (C=O) groups is 2. The zero-order valence-corrected chi connectivity index (χ0v) is 11.4. The van der Waals surface area contributed by atoms with E-state index in [-0.39, 0.29) is 11.6 Å². The number of benzene rings is 2. The summed E-state index contributed by atoms with van der Waals surface area (Å²) in [5, 5.41) is 0. The lowest BCUT2D eigenvalue weighted by Gasteiger charge is -1.96. The summed E-state index contributed by atoms with van der Waals surface area (Å²) in [5.74, 6) is 6.15. The predicted molar refractivity (Wildman–Crippen MR) is 78.9 cm³/mol. The van der Waals surface area contributed by atoms with Crippen molar-refractivity contribution >= 4 is 11.6 Å². The molecule has 0 spiro atoms. The fourth-order valence-electron chi connectivity index (χ4n) is 1.72. The maximum absolute atomic E-state index is 11.2. The fourth-order valence-corrected chi connectivity index (χ4v) is 1.72. The van der Waals surface area contributed by atoms with Crippen LogP contribution in [0.25, 0.3) is 0 Å². The molecule has 0 radical (unpaired) electrons. The van der Waals surface area contributed by atoms with Gasteiger partial charge in [0.15, 0.2) is 11.6 Å². The molecule has 0 atom stereocenters. The molecule has 0 saturated carbocycles. The highest BCUT2D eigenvalue weighted by molar-refractivity contribution is 5.94. The molecule has 0 heterocycles. The lowest BCUT2D eigenvalue weighted by Crippen LogP contribution is -1.91. The predicted octanol–water partition coefficient (Wildman–Crippen LogP) is 3.49. The van der Waals surface area contributed by atoms with Gasteiger partial charge in [-0.1, -0.05) is 36.1 Å². The second-order valence-corrected chi connectivity index (χ2v) is 4.52. The summed E-state index contributed by atoms with van der Waals surface area (Å²) in [6.45, 7) is 3.08. The summed E-state index contributed by atoms with van der Waals surface area (Å²) in [6, 6.07) is 14.4. The fraction of sp³-hybridized carbons (Fsp3) is 0.111. The van der Waals surface area contributed by atoms with Crippen molar-refractivity contribution in [2.45, 2.75) is 13.8 Å². The van der Waals surface area contributed by atoms with Gasteiger partial charge in [-0.2, -0.15) is 0 Å². The van der Waals surface area contributed by atoms with Gasteiger partial charge in [-0.05, 0) is 38.1 Å². The third-order valence-corrected chi connectivity index (χ3v) is 2.93. The third kappa shape index (κ3) is 3.43. The smallest absolute Gasteiger partial charge is 0.159 e. The first-order valence-electron chi connectivity index (χ1n) is 6.30. The second kappa shape index (κ2) is 5.99. The molecular formula is C18H14O2. The molecule has 2 rings (SSSR count). The van der Waals surface area contributed by atoms with Gasteiger partial charge in [-0.15, -0.1) is 0 Å². The van der Waals surface area contributed by atoms with Crippen molar-refractivity contribution in [1.82, 2.24) is 0 Å². The van der Waals surface area contributed by atoms with E-state index in [2.05, 4.69) is 11.8 Å². The molecule has 0 aliphatic heterocycles. The van der Waals surface area contributed by atoms with Crippen LogP contribution in [0, 0.1) is 11.8 Å². The second-order valence-electron chi connectivity index (χ2n) is 4.52. The number of Topliss-reactive ketones (excluding diaryl/α,β-unsaturated/α-hetero) is 2. The van der Waals surface area contributed by atoms with E-state index in [1.807, 2.05) is 24.3 Å². The Bertz CT molecular complexity index is 634. The molecule has 0 saturated heterocycles. The number of rotatable bonds is 2. The van der Waals surface area contributed by atoms with Crippen LogP contribution in [-0.2, 0) is 0 Å². The van der Waals surface area contributed by atoms with Crippen molar-refractivity contribution in [3.8, 4) is 11.8 Å². The van der Waals surface area contributed by atoms with Crippen molar-refractivity contribution in [3.63, 3.8) is 0 Å². The summed E-state index contributed by atoms with van der Waals surface area (Å²) in [7, 11) is 0. The third-order valence-electron chi connectivity index (χ3n) is 2.93. The van der Waals surface area contributed by atoms with Gasteiger partial charge in [-0.3, -0.25) is 9.59 Å². The zero-order chi connectivity index (χ0) is 14.5. The maximum Gasteiger partial charge on any atom is 0.159 e. The molecule has 2 aromatic carbocycles. The summed E-state index contributed by atoms with van der Waals surface area (Å²) >= 11 is 0. The molecule has 98 valence electrons. The standard InChI is InChI=1S/C18H14O2/c1-13(19)17-9-5-15(6-10-17)3-4-16-7-11-18(12-8-16)14(2)20/h5-12H,1-2H3. The van der Waals surface area contributed by atoms with E-state index in [0.717, 1.165) is 11.1 Å². The molecule has 0 aliphatic carbocycles. The molecule has 0 N–H and O–H groups in total. The van der Waals surface area contributed by atoms with Gasteiger partial charge < -0.3 is 0 Å². The lowest BCUT2D eigenvalue weighted by molar-refractivity contribution is 0.100. The van der Waals surface area contributed by atoms with Gasteiger partial charge in [-0.25, -0.2) is 0 Å². The number of carbonyl (C=O) groups excluding carboxylic acids is 2. The van der Waals surface area contributed by atoms with Crippen LogP contribution in [-0.4, -0.2) is 11.6 Å². The van der Waals surface area contributed by atoms with Gasteiger partial charge in [0.25, 0.3) is 0 Å². The van der Waals surface area contributed by atoms with E-state index in [4.69, 9.17) is 0 Å². The van der Waals surface area contributed by atoms with Crippen molar-refractivity contribution < 1.29 is 9.59 Å². The van der Waals surface area contributed by atoms with Crippen molar-refractivity contribution in [2.24, 2.45) is 0 Å². The highest BCUT2D eigenvalue weighted by atomic mass is 16.1. The van der Waals surface area contributed by atoms with Crippen LogP contribution in [0.15, 0.2) is 48.5 Å². The van der Waals surface area contributed by atoms with Crippen LogP contribution in [0.2, 0.25) is 0 Å². The van der Waals surface area contributed by atoms with E-state index in [0.29, 0.717) is 11.1 Å². The van der Waals surface area contributed by atoms with E-state index < -0.39 is 0 Å². The van der Waals surface area contributed by atoms with Gasteiger partial charge in [0.1, 0.15) is 0 Å². The first-order valence-corrected chi connectivity index (χ1v) is 6.30. The Kier molecular flexibility index (Phi) is 4.12. The molecule has 0 amide bonds. The Balaban J connectivity index is 2.17. The average molecular weight is 262 g/mol. The van der Waals surface area contributed by atoms with Crippen LogP contribution in [0.3, 0.4) is 0 Å². The zero-order valence-electron chi connectivity index (χ0n) is 11.4. The van der Waals surface area contributed by atoms with Crippen LogP contribution in [0.5, 0.6) is 0 Å². The number of ketones is 2. The van der Waals surface area contributed by atoms with Gasteiger partial charge >= 0.3 is 0 Å². The van der Waals surface area contributed by atoms with Crippen molar-refractivity contribution in [2.75, 3.05) is 0 Å². The van der Waals surface area contributed by atoms with E-state index in [1.54, 1.807) is 24.3 Å². The van der Waals surface area contributed by atoms with Gasteiger partial charge in [0.05, 0.1) is 0 Å². The molecule has 0 unspecified atom stereocenters. The first kappa shape index (κ1) is 13.8. The summed E-state index contributed by atoms with van der Waals surface area (Å²) in [6.07, 6.45) is 0. The Labute approximate surface area is 118 Å². The Hall–Kier alpha value is -2.66. The SMILES string of the molecule is CC(=O)c1ccc(C#Cc2ccc(C(C)=O)cc2)cc1. The molecule has 2 heteroatoms. The topological polar surface area (TPSA) is 34.1 Å². The lowest BCUT2D eigenvalue weighted by atomic mass is 10.1. The molecule has 0 aliphatic rings. The van der Waals surface area contributed by atoms with Gasteiger partial charge in [0, 0.05) is 22.3 Å². The minimum atomic E-state index is 0.0457.